The van der Waals surface area contributed by atoms with E-state index in [0.29, 0.717) is 5.41 Å². The van der Waals surface area contributed by atoms with E-state index >= 15 is 0 Å². The third kappa shape index (κ3) is 1.72. The summed E-state index contributed by atoms with van der Waals surface area (Å²) in [6, 6.07) is 0. The maximum absolute atomic E-state index is 2.62. The minimum absolute atomic E-state index is 0.680. The molecule has 5 rings (SSSR count). The van der Waals surface area contributed by atoms with Crippen LogP contribution in [0.3, 0.4) is 0 Å². The van der Waals surface area contributed by atoms with Crippen LogP contribution in [-0.4, -0.2) is 6.71 Å². The van der Waals surface area contributed by atoms with E-state index in [1.54, 1.807) is 51.4 Å². The largest absolute Gasteiger partial charge is 0.149 e. The van der Waals surface area contributed by atoms with E-state index in [4.69, 9.17) is 0 Å². The van der Waals surface area contributed by atoms with Gasteiger partial charge in [0.05, 0.1) is 0 Å². The zero-order valence-electron chi connectivity index (χ0n) is 13.2. The molecule has 0 aromatic carbocycles. The molecule has 0 unspecified atom stereocenters. The average Bonchev–Trinajstić information content (AvgIpc) is 2.37. The monoisotopic (exact) mass is 258 g/mol. The fraction of sp³-hybridized carbons (Fsp3) is 1.00. The van der Waals surface area contributed by atoms with Crippen molar-refractivity contribution in [1.82, 2.24) is 0 Å². The molecule has 0 aromatic heterocycles. The summed E-state index contributed by atoms with van der Waals surface area (Å²) in [5.41, 5.74) is 0.680. The van der Waals surface area contributed by atoms with Gasteiger partial charge in [0, 0.05) is 0 Å². The van der Waals surface area contributed by atoms with Gasteiger partial charge in [0.15, 0.2) is 0 Å². The molecule has 5 fully saturated rings. The van der Waals surface area contributed by atoms with Crippen LogP contribution in [0.4, 0.5) is 0 Å². The van der Waals surface area contributed by atoms with Gasteiger partial charge in [-0.05, 0) is 29.6 Å². The minimum atomic E-state index is 0.680. The van der Waals surface area contributed by atoms with Crippen molar-refractivity contribution in [2.24, 2.45) is 23.2 Å². The van der Waals surface area contributed by atoms with Crippen molar-refractivity contribution in [3.05, 3.63) is 0 Å². The Hall–Kier alpha value is 0.0649. The summed E-state index contributed by atoms with van der Waals surface area (Å²) in [7, 11) is 0. The van der Waals surface area contributed by atoms with Crippen molar-refractivity contribution >= 4 is 6.71 Å². The lowest BCUT2D eigenvalue weighted by Gasteiger charge is -2.64. The van der Waals surface area contributed by atoms with E-state index in [2.05, 4.69) is 20.8 Å². The number of fused-ring (bicyclic) bond motifs is 5. The maximum Gasteiger partial charge on any atom is 0.149 e. The highest BCUT2D eigenvalue weighted by Gasteiger charge is 2.59. The molecule has 0 N–H and O–H groups in total. The fourth-order valence-corrected chi connectivity index (χ4v) is 7.12. The van der Waals surface area contributed by atoms with Gasteiger partial charge in [0.25, 0.3) is 0 Å². The smallest absolute Gasteiger partial charge is 0.0626 e. The van der Waals surface area contributed by atoms with Crippen LogP contribution in [0.2, 0.25) is 17.5 Å². The lowest BCUT2D eigenvalue weighted by Crippen LogP contribution is -2.57. The zero-order chi connectivity index (χ0) is 13.2. The van der Waals surface area contributed by atoms with Gasteiger partial charge < -0.3 is 0 Å². The molecule has 3 saturated carbocycles. The average molecular weight is 258 g/mol. The Morgan fingerprint density at radius 2 is 1.47 bits per heavy atom. The molecule has 0 spiro atoms. The summed E-state index contributed by atoms with van der Waals surface area (Å²) in [5.74, 6) is 6.50. The first-order valence-electron chi connectivity index (χ1n) is 9.09. The highest BCUT2D eigenvalue weighted by Crippen LogP contribution is 2.67. The summed E-state index contributed by atoms with van der Waals surface area (Å²) in [6.07, 6.45) is 12.5. The van der Waals surface area contributed by atoms with Crippen molar-refractivity contribution in [2.75, 3.05) is 0 Å². The van der Waals surface area contributed by atoms with E-state index in [0.717, 1.165) is 41.9 Å². The Morgan fingerprint density at radius 3 is 1.95 bits per heavy atom. The van der Waals surface area contributed by atoms with Crippen molar-refractivity contribution in [3.63, 3.8) is 0 Å². The Balaban J connectivity index is 1.57. The highest BCUT2D eigenvalue weighted by atomic mass is 14.6. The molecule has 5 aliphatic rings. The molecule has 2 saturated heterocycles. The van der Waals surface area contributed by atoms with Crippen molar-refractivity contribution in [3.8, 4) is 0 Å². The van der Waals surface area contributed by atoms with Crippen molar-refractivity contribution in [2.45, 2.75) is 89.6 Å². The van der Waals surface area contributed by atoms with Gasteiger partial charge in [-0.25, -0.2) is 0 Å². The standard InChI is InChI=1S/C18H31B/c1-12-16-10-13(18(16,2)3)11-17(12)19-14-6-4-7-15(19)9-5-8-14/h12-17H,4-11H2,1-3H3/t12-,13-,14?,15?,16-,17-/m1/s1. The molecule has 19 heavy (non-hydrogen) atoms. The third-order valence-electron chi connectivity index (χ3n) is 8.30. The normalized spacial score (nSPS) is 51.6. The lowest BCUT2D eigenvalue weighted by atomic mass is 9.18. The molecule has 4 bridgehead atoms. The predicted octanol–water partition coefficient (Wildman–Crippen LogP) is 5.66. The summed E-state index contributed by atoms with van der Waals surface area (Å²) < 4.78 is 0. The second-order valence-corrected chi connectivity index (χ2v) is 9.08. The van der Waals surface area contributed by atoms with Crippen molar-refractivity contribution < 1.29 is 0 Å². The molecule has 1 heteroatoms. The molecular formula is C18H31B. The van der Waals surface area contributed by atoms with Crippen LogP contribution < -0.4 is 0 Å². The Morgan fingerprint density at radius 1 is 0.895 bits per heavy atom. The van der Waals surface area contributed by atoms with E-state index < -0.39 is 0 Å². The molecule has 3 aliphatic carbocycles. The molecule has 106 valence electrons. The number of hydrogen-bond donors (Lipinski definition) is 0. The SMILES string of the molecule is C[C@@H]1[C@H]2C[C@H](C[C@H]1B1C3CCCC1CCC3)C2(C)C. The quantitative estimate of drug-likeness (QED) is 0.532. The Labute approximate surface area is 120 Å². The summed E-state index contributed by atoms with van der Waals surface area (Å²) >= 11 is 0. The fourth-order valence-electron chi connectivity index (χ4n) is 7.12. The van der Waals surface area contributed by atoms with E-state index in [-0.39, 0.29) is 0 Å². The first-order chi connectivity index (χ1) is 9.09. The zero-order valence-corrected chi connectivity index (χ0v) is 13.2. The van der Waals surface area contributed by atoms with Gasteiger partial charge in [-0.3, -0.25) is 0 Å². The molecule has 0 radical (unpaired) electrons. The van der Waals surface area contributed by atoms with Crippen LogP contribution in [0.1, 0.15) is 72.1 Å². The number of rotatable bonds is 1. The molecule has 0 amide bonds. The first-order valence-corrected chi connectivity index (χ1v) is 9.09. The minimum Gasteiger partial charge on any atom is -0.0626 e. The van der Waals surface area contributed by atoms with Crippen LogP contribution in [0.25, 0.3) is 0 Å². The van der Waals surface area contributed by atoms with Crippen LogP contribution in [0.5, 0.6) is 0 Å². The predicted molar refractivity (Wildman–Crippen MR) is 83.9 cm³/mol. The van der Waals surface area contributed by atoms with E-state index in [9.17, 15) is 0 Å². The van der Waals surface area contributed by atoms with E-state index in [1.165, 1.54) is 0 Å². The van der Waals surface area contributed by atoms with Gasteiger partial charge in [0.2, 0.25) is 0 Å². The topological polar surface area (TPSA) is 0 Å². The van der Waals surface area contributed by atoms with E-state index in [1.807, 2.05) is 0 Å². The third-order valence-corrected chi connectivity index (χ3v) is 8.30. The van der Waals surface area contributed by atoms with Crippen LogP contribution in [0, 0.1) is 23.2 Å². The molecule has 0 aromatic rings. The highest BCUT2D eigenvalue weighted by molar-refractivity contribution is 6.64. The molecule has 0 nitrogen and oxygen atoms in total. The van der Waals surface area contributed by atoms with Gasteiger partial charge in [-0.2, -0.15) is 0 Å². The summed E-state index contributed by atoms with van der Waals surface area (Å²) in [4.78, 5) is 0. The summed E-state index contributed by atoms with van der Waals surface area (Å²) in [6.45, 7) is 8.87. The van der Waals surface area contributed by atoms with Crippen LogP contribution in [-0.2, 0) is 0 Å². The van der Waals surface area contributed by atoms with Gasteiger partial charge in [-0.15, -0.1) is 0 Å². The van der Waals surface area contributed by atoms with Gasteiger partial charge in [-0.1, -0.05) is 83.2 Å². The maximum atomic E-state index is 2.62. The molecule has 2 heterocycles. The lowest BCUT2D eigenvalue weighted by molar-refractivity contribution is -0.0998. The Kier molecular flexibility index (Phi) is 2.88. The molecular weight excluding hydrogens is 227 g/mol. The summed E-state index contributed by atoms with van der Waals surface area (Å²) in [5, 5.41) is 0. The molecule has 2 aliphatic heterocycles. The van der Waals surface area contributed by atoms with Gasteiger partial charge in [0.1, 0.15) is 6.71 Å². The molecule has 4 atom stereocenters. The second-order valence-electron chi connectivity index (χ2n) is 9.08. The first kappa shape index (κ1) is 12.8. The van der Waals surface area contributed by atoms with Crippen molar-refractivity contribution in [1.29, 1.82) is 0 Å². The number of hydrogen-bond acceptors (Lipinski definition) is 0. The van der Waals surface area contributed by atoms with Crippen LogP contribution >= 0.6 is 0 Å². The van der Waals surface area contributed by atoms with Gasteiger partial charge >= 0.3 is 0 Å². The Bertz CT molecular complexity index is 339. The second kappa shape index (κ2) is 4.28. The van der Waals surface area contributed by atoms with Crippen LogP contribution in [0.15, 0.2) is 0 Å².